The van der Waals surface area contributed by atoms with Crippen LogP contribution in [0.5, 0.6) is 0 Å². The van der Waals surface area contributed by atoms with Crippen LogP contribution in [-0.2, 0) is 16.1 Å². The van der Waals surface area contributed by atoms with Gasteiger partial charge in [-0.1, -0.05) is 30.7 Å². The van der Waals surface area contributed by atoms with Gasteiger partial charge in [-0.3, -0.25) is 9.69 Å². The molecule has 1 aromatic carbocycles. The zero-order valence-corrected chi connectivity index (χ0v) is 12.6. The van der Waals surface area contributed by atoms with E-state index in [1.165, 1.54) is 0 Å². The molecular formula is C15H20ClNO3. The van der Waals surface area contributed by atoms with Crippen molar-refractivity contribution in [2.75, 3.05) is 19.8 Å². The second-order valence-electron chi connectivity index (χ2n) is 5.21. The molecule has 1 heterocycles. The Balaban J connectivity index is 2.14. The molecule has 2 unspecified atom stereocenters. The first-order valence-corrected chi connectivity index (χ1v) is 7.20. The summed E-state index contributed by atoms with van der Waals surface area (Å²) in [5.74, 6) is -1.25. The molecule has 110 valence electrons. The molecular weight excluding hydrogens is 278 g/mol. The largest absolute Gasteiger partial charge is 0.481 e. The molecule has 0 aliphatic carbocycles. The molecule has 5 heteroatoms. The van der Waals surface area contributed by atoms with Crippen molar-refractivity contribution in [2.45, 2.75) is 26.4 Å². The van der Waals surface area contributed by atoms with Crippen LogP contribution in [0.15, 0.2) is 18.2 Å². The highest BCUT2D eigenvalue weighted by Crippen LogP contribution is 2.25. The van der Waals surface area contributed by atoms with Gasteiger partial charge in [-0.2, -0.15) is 0 Å². The van der Waals surface area contributed by atoms with Crippen molar-refractivity contribution in [3.8, 4) is 0 Å². The number of halogens is 1. The number of aliphatic carboxylic acids is 1. The Bertz CT molecular complexity index is 492. The van der Waals surface area contributed by atoms with E-state index in [2.05, 4.69) is 4.90 Å². The SMILES string of the molecule is CCN(Cc1ccc(C)cc1Cl)C1COCC1C(=O)O. The molecule has 2 rings (SSSR count). The smallest absolute Gasteiger partial charge is 0.310 e. The van der Waals surface area contributed by atoms with Gasteiger partial charge in [0.05, 0.1) is 19.1 Å². The highest BCUT2D eigenvalue weighted by atomic mass is 35.5. The molecule has 4 nitrogen and oxygen atoms in total. The fourth-order valence-corrected chi connectivity index (χ4v) is 2.90. The molecule has 1 aliphatic rings. The average molecular weight is 298 g/mol. The summed E-state index contributed by atoms with van der Waals surface area (Å²) in [6.07, 6.45) is 0. The lowest BCUT2D eigenvalue weighted by atomic mass is 10.0. The van der Waals surface area contributed by atoms with Crippen molar-refractivity contribution in [1.29, 1.82) is 0 Å². The van der Waals surface area contributed by atoms with E-state index in [-0.39, 0.29) is 12.6 Å². The first-order valence-electron chi connectivity index (χ1n) is 6.82. The van der Waals surface area contributed by atoms with Gasteiger partial charge in [0, 0.05) is 17.6 Å². The number of likely N-dealkylation sites (N-methyl/N-ethyl adjacent to an activating group) is 1. The zero-order chi connectivity index (χ0) is 14.7. The number of hydrogen-bond acceptors (Lipinski definition) is 3. The Hall–Kier alpha value is -1.10. The summed E-state index contributed by atoms with van der Waals surface area (Å²) in [7, 11) is 0. The number of rotatable bonds is 5. The van der Waals surface area contributed by atoms with Crippen LogP contribution >= 0.6 is 11.6 Å². The van der Waals surface area contributed by atoms with Crippen molar-refractivity contribution < 1.29 is 14.6 Å². The molecule has 1 N–H and O–H groups in total. The van der Waals surface area contributed by atoms with E-state index >= 15 is 0 Å². The first kappa shape index (κ1) is 15.3. The van der Waals surface area contributed by atoms with Gasteiger partial charge in [0.15, 0.2) is 0 Å². The molecule has 1 aromatic rings. The van der Waals surface area contributed by atoms with Crippen LogP contribution < -0.4 is 0 Å². The van der Waals surface area contributed by atoms with Gasteiger partial charge in [-0.25, -0.2) is 0 Å². The number of hydrogen-bond donors (Lipinski definition) is 1. The zero-order valence-electron chi connectivity index (χ0n) is 11.8. The number of carboxylic acid groups (broad SMARTS) is 1. The van der Waals surface area contributed by atoms with E-state index < -0.39 is 11.9 Å². The molecule has 20 heavy (non-hydrogen) atoms. The number of carboxylic acids is 1. The van der Waals surface area contributed by atoms with E-state index in [4.69, 9.17) is 16.3 Å². The quantitative estimate of drug-likeness (QED) is 0.907. The summed E-state index contributed by atoms with van der Waals surface area (Å²) in [5, 5.41) is 9.98. The fraction of sp³-hybridized carbons (Fsp3) is 0.533. The standard InChI is InChI=1S/C15H20ClNO3/c1-3-17(14-9-20-8-12(14)15(18)19)7-11-5-4-10(2)6-13(11)16/h4-6,12,14H,3,7-9H2,1-2H3,(H,18,19). The van der Waals surface area contributed by atoms with Crippen LogP contribution in [0, 0.1) is 12.8 Å². The van der Waals surface area contributed by atoms with E-state index in [1.54, 1.807) is 0 Å². The van der Waals surface area contributed by atoms with Crippen LogP contribution in [0.25, 0.3) is 0 Å². The van der Waals surface area contributed by atoms with E-state index in [9.17, 15) is 9.90 Å². The molecule has 0 amide bonds. The maximum Gasteiger partial charge on any atom is 0.310 e. The van der Waals surface area contributed by atoms with Crippen molar-refractivity contribution in [2.24, 2.45) is 5.92 Å². The number of nitrogens with zero attached hydrogens (tertiary/aromatic N) is 1. The second kappa shape index (κ2) is 6.57. The van der Waals surface area contributed by atoms with Gasteiger partial charge < -0.3 is 9.84 Å². The predicted molar refractivity (Wildman–Crippen MR) is 78.0 cm³/mol. The lowest BCUT2D eigenvalue weighted by molar-refractivity contribution is -0.143. The Morgan fingerprint density at radius 1 is 1.50 bits per heavy atom. The Morgan fingerprint density at radius 2 is 2.25 bits per heavy atom. The van der Waals surface area contributed by atoms with Gasteiger partial charge in [0.1, 0.15) is 0 Å². The molecule has 1 aliphatic heterocycles. The highest BCUT2D eigenvalue weighted by Gasteiger charge is 2.37. The summed E-state index contributed by atoms with van der Waals surface area (Å²) in [5.41, 5.74) is 2.14. The Kier molecular flexibility index (Phi) is 5.02. The topological polar surface area (TPSA) is 49.8 Å². The van der Waals surface area contributed by atoms with Crippen molar-refractivity contribution >= 4 is 17.6 Å². The molecule has 0 bridgehead atoms. The third-order valence-corrected chi connectivity index (χ3v) is 4.18. The maximum absolute atomic E-state index is 11.3. The lowest BCUT2D eigenvalue weighted by Crippen LogP contribution is -2.42. The number of aryl methyl sites for hydroxylation is 1. The minimum atomic E-state index is -0.791. The molecule has 0 radical (unpaired) electrons. The van der Waals surface area contributed by atoms with Gasteiger partial charge >= 0.3 is 5.97 Å². The third kappa shape index (κ3) is 3.32. The van der Waals surface area contributed by atoms with Crippen LogP contribution in [0.3, 0.4) is 0 Å². The van der Waals surface area contributed by atoms with E-state index in [0.29, 0.717) is 13.2 Å². The first-order chi connectivity index (χ1) is 9.52. The van der Waals surface area contributed by atoms with Crippen molar-refractivity contribution in [3.05, 3.63) is 34.3 Å². The number of benzene rings is 1. The molecule has 0 spiro atoms. The minimum absolute atomic E-state index is 0.0881. The Labute approximate surface area is 124 Å². The van der Waals surface area contributed by atoms with Gasteiger partial charge in [0.25, 0.3) is 0 Å². The summed E-state index contributed by atoms with van der Waals surface area (Å²) < 4.78 is 5.35. The highest BCUT2D eigenvalue weighted by molar-refractivity contribution is 6.31. The van der Waals surface area contributed by atoms with E-state index in [1.807, 2.05) is 32.0 Å². The Morgan fingerprint density at radius 3 is 2.85 bits per heavy atom. The minimum Gasteiger partial charge on any atom is -0.481 e. The van der Waals surface area contributed by atoms with Crippen molar-refractivity contribution in [3.63, 3.8) is 0 Å². The summed E-state index contributed by atoms with van der Waals surface area (Å²) in [6.45, 7) is 6.19. The second-order valence-corrected chi connectivity index (χ2v) is 5.61. The lowest BCUT2D eigenvalue weighted by Gasteiger charge is -2.29. The van der Waals surface area contributed by atoms with Crippen LogP contribution in [0.4, 0.5) is 0 Å². The molecule has 1 fully saturated rings. The third-order valence-electron chi connectivity index (χ3n) is 3.82. The molecule has 0 aromatic heterocycles. The predicted octanol–water partition coefficient (Wildman–Crippen LogP) is 2.57. The molecule has 0 saturated carbocycles. The van der Waals surface area contributed by atoms with Crippen LogP contribution in [0.2, 0.25) is 5.02 Å². The van der Waals surface area contributed by atoms with Crippen LogP contribution in [-0.4, -0.2) is 41.8 Å². The average Bonchev–Trinajstić information content (AvgIpc) is 2.87. The molecule has 1 saturated heterocycles. The van der Waals surface area contributed by atoms with Crippen LogP contribution in [0.1, 0.15) is 18.1 Å². The maximum atomic E-state index is 11.3. The van der Waals surface area contributed by atoms with Gasteiger partial charge in [-0.05, 0) is 30.7 Å². The summed E-state index contributed by atoms with van der Waals surface area (Å²) in [4.78, 5) is 13.4. The number of carbonyl (C=O) groups is 1. The summed E-state index contributed by atoms with van der Waals surface area (Å²) >= 11 is 6.26. The summed E-state index contributed by atoms with van der Waals surface area (Å²) in [6, 6.07) is 5.88. The molecule has 2 atom stereocenters. The van der Waals surface area contributed by atoms with Gasteiger partial charge in [-0.15, -0.1) is 0 Å². The normalized spacial score (nSPS) is 22.4. The van der Waals surface area contributed by atoms with Crippen molar-refractivity contribution in [1.82, 2.24) is 4.90 Å². The number of ether oxygens (including phenoxy) is 1. The van der Waals surface area contributed by atoms with E-state index in [0.717, 1.165) is 22.7 Å². The monoisotopic (exact) mass is 297 g/mol. The fourth-order valence-electron chi connectivity index (χ4n) is 2.60. The van der Waals surface area contributed by atoms with Gasteiger partial charge in [0.2, 0.25) is 0 Å².